The molecule has 18 heavy (non-hydrogen) atoms. The fourth-order valence-electron chi connectivity index (χ4n) is 2.57. The summed E-state index contributed by atoms with van der Waals surface area (Å²) in [6.45, 7) is 2.85. The quantitative estimate of drug-likeness (QED) is 0.871. The summed E-state index contributed by atoms with van der Waals surface area (Å²) in [7, 11) is 1.73. The van der Waals surface area contributed by atoms with Crippen molar-refractivity contribution >= 4 is 0 Å². The molecule has 1 aliphatic heterocycles. The largest absolute Gasteiger partial charge is 0.382 e. The van der Waals surface area contributed by atoms with Crippen molar-refractivity contribution in [1.29, 1.82) is 0 Å². The molecule has 0 aliphatic carbocycles. The SMILES string of the molecule is COC(C)CC(N)CC1OCCc2ccccc21. The van der Waals surface area contributed by atoms with Gasteiger partial charge in [-0.3, -0.25) is 0 Å². The summed E-state index contributed by atoms with van der Waals surface area (Å²) in [5, 5.41) is 0. The predicted octanol–water partition coefficient (Wildman–Crippen LogP) is 2.44. The first kappa shape index (κ1) is 13.5. The van der Waals surface area contributed by atoms with Crippen LogP contribution >= 0.6 is 0 Å². The highest BCUT2D eigenvalue weighted by Crippen LogP contribution is 2.30. The average Bonchev–Trinajstić information content (AvgIpc) is 2.39. The first-order chi connectivity index (χ1) is 8.70. The predicted molar refractivity (Wildman–Crippen MR) is 72.5 cm³/mol. The molecular formula is C15H23NO2. The van der Waals surface area contributed by atoms with Crippen LogP contribution in [-0.4, -0.2) is 25.9 Å². The number of fused-ring (bicyclic) bond motifs is 1. The Morgan fingerprint density at radius 1 is 1.44 bits per heavy atom. The van der Waals surface area contributed by atoms with Gasteiger partial charge in [-0.25, -0.2) is 0 Å². The van der Waals surface area contributed by atoms with E-state index in [-0.39, 0.29) is 18.2 Å². The van der Waals surface area contributed by atoms with Crippen molar-refractivity contribution < 1.29 is 9.47 Å². The molecule has 2 N–H and O–H groups in total. The second-order valence-electron chi connectivity index (χ2n) is 5.09. The molecule has 0 radical (unpaired) electrons. The fraction of sp³-hybridized carbons (Fsp3) is 0.600. The van der Waals surface area contributed by atoms with E-state index in [0.717, 1.165) is 25.9 Å². The Labute approximate surface area is 109 Å². The molecule has 0 spiro atoms. The molecule has 1 heterocycles. The molecule has 0 amide bonds. The summed E-state index contributed by atoms with van der Waals surface area (Å²) in [6, 6.07) is 8.63. The van der Waals surface area contributed by atoms with Crippen molar-refractivity contribution in [3.8, 4) is 0 Å². The molecule has 2 rings (SSSR count). The van der Waals surface area contributed by atoms with Crippen molar-refractivity contribution in [2.75, 3.05) is 13.7 Å². The van der Waals surface area contributed by atoms with Crippen LogP contribution in [-0.2, 0) is 15.9 Å². The maximum absolute atomic E-state index is 6.18. The van der Waals surface area contributed by atoms with Gasteiger partial charge in [-0.15, -0.1) is 0 Å². The van der Waals surface area contributed by atoms with Crippen LogP contribution in [0.1, 0.15) is 37.0 Å². The van der Waals surface area contributed by atoms with Crippen LogP contribution in [0.3, 0.4) is 0 Å². The second-order valence-corrected chi connectivity index (χ2v) is 5.09. The van der Waals surface area contributed by atoms with Gasteiger partial charge in [-0.05, 0) is 37.3 Å². The lowest BCUT2D eigenvalue weighted by Gasteiger charge is -2.28. The fourth-order valence-corrected chi connectivity index (χ4v) is 2.57. The number of rotatable bonds is 5. The summed E-state index contributed by atoms with van der Waals surface area (Å²) in [5.74, 6) is 0. The van der Waals surface area contributed by atoms with E-state index in [0.29, 0.717) is 0 Å². The average molecular weight is 249 g/mol. The lowest BCUT2D eigenvalue weighted by molar-refractivity contribution is 0.0260. The summed E-state index contributed by atoms with van der Waals surface area (Å²) in [5.41, 5.74) is 8.89. The van der Waals surface area contributed by atoms with Crippen LogP contribution in [0.15, 0.2) is 24.3 Å². The molecule has 3 nitrogen and oxygen atoms in total. The molecular weight excluding hydrogens is 226 g/mol. The van der Waals surface area contributed by atoms with Gasteiger partial charge in [0.05, 0.1) is 18.8 Å². The van der Waals surface area contributed by atoms with E-state index >= 15 is 0 Å². The minimum atomic E-state index is 0.121. The molecule has 0 bridgehead atoms. The number of hydrogen-bond acceptors (Lipinski definition) is 3. The van der Waals surface area contributed by atoms with Crippen LogP contribution < -0.4 is 5.73 Å². The van der Waals surface area contributed by atoms with Crippen LogP contribution in [0.25, 0.3) is 0 Å². The third-order valence-electron chi connectivity index (χ3n) is 3.65. The maximum atomic E-state index is 6.18. The Bertz CT molecular complexity index is 381. The van der Waals surface area contributed by atoms with Gasteiger partial charge in [0.15, 0.2) is 0 Å². The van der Waals surface area contributed by atoms with Gasteiger partial charge in [0.25, 0.3) is 0 Å². The van der Waals surface area contributed by atoms with E-state index in [2.05, 4.69) is 31.2 Å². The molecule has 3 heteroatoms. The van der Waals surface area contributed by atoms with Crippen molar-refractivity contribution in [3.63, 3.8) is 0 Å². The number of benzene rings is 1. The normalized spacial score (nSPS) is 22.3. The third kappa shape index (κ3) is 3.31. The number of ether oxygens (including phenoxy) is 2. The Morgan fingerprint density at radius 2 is 2.22 bits per heavy atom. The minimum absolute atomic E-state index is 0.121. The van der Waals surface area contributed by atoms with Gasteiger partial charge in [0.2, 0.25) is 0 Å². The Morgan fingerprint density at radius 3 is 3.00 bits per heavy atom. The number of hydrogen-bond donors (Lipinski definition) is 1. The zero-order valence-corrected chi connectivity index (χ0v) is 11.3. The van der Waals surface area contributed by atoms with Gasteiger partial charge >= 0.3 is 0 Å². The Hall–Kier alpha value is -0.900. The van der Waals surface area contributed by atoms with E-state index in [1.165, 1.54) is 11.1 Å². The zero-order chi connectivity index (χ0) is 13.0. The molecule has 0 saturated carbocycles. The molecule has 0 fully saturated rings. The van der Waals surface area contributed by atoms with Gasteiger partial charge in [0.1, 0.15) is 0 Å². The van der Waals surface area contributed by atoms with E-state index in [9.17, 15) is 0 Å². The van der Waals surface area contributed by atoms with Crippen LogP contribution in [0.2, 0.25) is 0 Å². The van der Waals surface area contributed by atoms with Gasteiger partial charge in [0, 0.05) is 13.2 Å². The minimum Gasteiger partial charge on any atom is -0.382 e. The highest BCUT2D eigenvalue weighted by Gasteiger charge is 2.23. The van der Waals surface area contributed by atoms with Gasteiger partial charge < -0.3 is 15.2 Å². The molecule has 0 aromatic heterocycles. The standard InChI is InChI=1S/C15H23NO2/c1-11(17-2)9-13(16)10-15-14-6-4-3-5-12(14)7-8-18-15/h3-6,11,13,15H,7-10,16H2,1-2H3. The zero-order valence-electron chi connectivity index (χ0n) is 11.3. The molecule has 1 aromatic rings. The Balaban J connectivity index is 1.98. The van der Waals surface area contributed by atoms with Crippen molar-refractivity contribution in [2.24, 2.45) is 5.73 Å². The van der Waals surface area contributed by atoms with Crippen LogP contribution in [0.5, 0.6) is 0 Å². The van der Waals surface area contributed by atoms with Gasteiger partial charge in [-0.1, -0.05) is 24.3 Å². The van der Waals surface area contributed by atoms with Crippen molar-refractivity contribution in [1.82, 2.24) is 0 Å². The monoisotopic (exact) mass is 249 g/mol. The topological polar surface area (TPSA) is 44.5 Å². The van der Waals surface area contributed by atoms with E-state index < -0.39 is 0 Å². The highest BCUT2D eigenvalue weighted by molar-refractivity contribution is 5.30. The van der Waals surface area contributed by atoms with Gasteiger partial charge in [-0.2, -0.15) is 0 Å². The molecule has 100 valence electrons. The molecule has 3 unspecified atom stereocenters. The van der Waals surface area contributed by atoms with E-state index in [1.54, 1.807) is 7.11 Å². The summed E-state index contributed by atoms with van der Waals surface area (Å²) in [4.78, 5) is 0. The lowest BCUT2D eigenvalue weighted by Crippen LogP contribution is -2.30. The number of methoxy groups -OCH3 is 1. The second kappa shape index (κ2) is 6.32. The summed E-state index contributed by atoms with van der Waals surface area (Å²) in [6.07, 6.45) is 3.10. The first-order valence-corrected chi connectivity index (χ1v) is 6.68. The van der Waals surface area contributed by atoms with Crippen LogP contribution in [0.4, 0.5) is 0 Å². The first-order valence-electron chi connectivity index (χ1n) is 6.68. The highest BCUT2D eigenvalue weighted by atomic mass is 16.5. The molecule has 0 saturated heterocycles. The summed E-state index contributed by atoms with van der Waals surface area (Å²) < 4.78 is 11.1. The molecule has 1 aliphatic rings. The lowest BCUT2D eigenvalue weighted by atomic mass is 9.92. The molecule has 1 aromatic carbocycles. The maximum Gasteiger partial charge on any atom is 0.0842 e. The van der Waals surface area contributed by atoms with E-state index in [4.69, 9.17) is 15.2 Å². The van der Waals surface area contributed by atoms with E-state index in [1.807, 2.05) is 0 Å². The van der Waals surface area contributed by atoms with Crippen LogP contribution in [0, 0.1) is 0 Å². The van der Waals surface area contributed by atoms with Crippen molar-refractivity contribution in [2.45, 2.75) is 44.4 Å². The Kier molecular flexibility index (Phi) is 4.75. The van der Waals surface area contributed by atoms with Crippen molar-refractivity contribution in [3.05, 3.63) is 35.4 Å². The molecule has 3 atom stereocenters. The number of nitrogens with two attached hydrogens (primary N) is 1. The smallest absolute Gasteiger partial charge is 0.0842 e. The summed E-state index contributed by atoms with van der Waals surface area (Å²) >= 11 is 0. The third-order valence-corrected chi connectivity index (χ3v) is 3.65.